The van der Waals surface area contributed by atoms with Crippen LogP contribution in [0.4, 0.5) is 0 Å². The fourth-order valence-corrected chi connectivity index (χ4v) is 3.29. The van der Waals surface area contributed by atoms with Crippen molar-refractivity contribution in [3.05, 3.63) is 0 Å². The lowest BCUT2D eigenvalue weighted by Crippen LogP contribution is -2.46. The van der Waals surface area contributed by atoms with Crippen LogP contribution in [0.5, 0.6) is 0 Å². The molecule has 2 fully saturated rings. The Bertz CT molecular complexity index is 298. The molecular formula is C16H31N3O2. The first-order chi connectivity index (χ1) is 10.3. The third-order valence-electron chi connectivity index (χ3n) is 4.57. The number of nitrogens with zero attached hydrogens (tertiary/aromatic N) is 2. The Morgan fingerprint density at radius 1 is 1.24 bits per heavy atom. The molecule has 0 bridgehead atoms. The normalized spacial score (nSPS) is 23.5. The molecule has 2 aliphatic rings. The molecule has 2 saturated heterocycles. The molecule has 0 aromatic rings. The van der Waals surface area contributed by atoms with E-state index in [1.165, 1.54) is 25.7 Å². The number of methoxy groups -OCH3 is 1. The van der Waals surface area contributed by atoms with Gasteiger partial charge in [-0.15, -0.1) is 0 Å². The molecule has 0 aliphatic carbocycles. The number of nitrogens with one attached hydrogen (secondary N) is 1. The average molecular weight is 297 g/mol. The van der Waals surface area contributed by atoms with Crippen LogP contribution in [0, 0.1) is 0 Å². The highest BCUT2D eigenvalue weighted by Crippen LogP contribution is 2.11. The highest BCUT2D eigenvalue weighted by Gasteiger charge is 2.22. The van der Waals surface area contributed by atoms with E-state index >= 15 is 0 Å². The summed E-state index contributed by atoms with van der Waals surface area (Å²) in [7, 11) is 1.72. The molecule has 2 heterocycles. The smallest absolute Gasteiger partial charge is 0.236 e. The van der Waals surface area contributed by atoms with Gasteiger partial charge in [0.15, 0.2) is 0 Å². The Hall–Kier alpha value is -0.650. The van der Waals surface area contributed by atoms with E-state index in [0.717, 1.165) is 45.6 Å². The second-order valence-corrected chi connectivity index (χ2v) is 6.32. The number of hydrogen-bond acceptors (Lipinski definition) is 4. The zero-order valence-electron chi connectivity index (χ0n) is 13.5. The molecule has 0 aromatic heterocycles. The molecular weight excluding hydrogens is 266 g/mol. The summed E-state index contributed by atoms with van der Waals surface area (Å²) in [5.74, 6) is 0.297. The fourth-order valence-electron chi connectivity index (χ4n) is 3.29. The summed E-state index contributed by atoms with van der Waals surface area (Å²) in [6.07, 6.45) is 7.33. The van der Waals surface area contributed by atoms with Gasteiger partial charge in [-0.1, -0.05) is 12.8 Å². The predicted molar refractivity (Wildman–Crippen MR) is 84.4 cm³/mol. The van der Waals surface area contributed by atoms with Gasteiger partial charge in [0.05, 0.1) is 13.2 Å². The van der Waals surface area contributed by atoms with Gasteiger partial charge in [-0.05, 0) is 32.2 Å². The maximum absolute atomic E-state index is 12.5. The molecule has 1 N–H and O–H groups in total. The second kappa shape index (κ2) is 9.38. The van der Waals surface area contributed by atoms with Crippen molar-refractivity contribution >= 4 is 5.91 Å². The van der Waals surface area contributed by atoms with Crippen molar-refractivity contribution in [2.24, 2.45) is 0 Å². The molecule has 5 heteroatoms. The zero-order valence-corrected chi connectivity index (χ0v) is 13.5. The minimum Gasteiger partial charge on any atom is -0.383 e. The Morgan fingerprint density at radius 3 is 2.62 bits per heavy atom. The Labute approximate surface area is 129 Å². The van der Waals surface area contributed by atoms with Crippen LogP contribution in [0.15, 0.2) is 0 Å². The van der Waals surface area contributed by atoms with E-state index < -0.39 is 0 Å². The summed E-state index contributed by atoms with van der Waals surface area (Å²) >= 11 is 0. The van der Waals surface area contributed by atoms with Gasteiger partial charge in [0.25, 0.3) is 0 Å². The standard InChI is InChI=1S/C16H31N3O2/c1-21-12-11-18(13-15-7-6-8-17-15)14-16(20)19-9-4-2-3-5-10-19/h15,17H,2-14H2,1H3. The summed E-state index contributed by atoms with van der Waals surface area (Å²) in [6.45, 7) is 6.04. The van der Waals surface area contributed by atoms with Gasteiger partial charge in [0.1, 0.15) is 0 Å². The number of ether oxygens (including phenoxy) is 1. The number of carbonyl (C=O) groups is 1. The molecule has 0 aromatic carbocycles. The topological polar surface area (TPSA) is 44.8 Å². The van der Waals surface area contributed by atoms with E-state index in [1.54, 1.807) is 7.11 Å². The van der Waals surface area contributed by atoms with Crippen LogP contribution in [0.25, 0.3) is 0 Å². The minimum atomic E-state index is 0.297. The fraction of sp³-hybridized carbons (Fsp3) is 0.938. The van der Waals surface area contributed by atoms with Crippen molar-refractivity contribution in [1.82, 2.24) is 15.1 Å². The molecule has 2 rings (SSSR count). The van der Waals surface area contributed by atoms with Crippen LogP contribution in [-0.4, -0.2) is 74.7 Å². The van der Waals surface area contributed by atoms with Crippen molar-refractivity contribution in [2.45, 2.75) is 44.6 Å². The Balaban J connectivity index is 1.81. The van der Waals surface area contributed by atoms with Crippen molar-refractivity contribution in [3.63, 3.8) is 0 Å². The first-order valence-electron chi connectivity index (χ1n) is 8.52. The third-order valence-corrected chi connectivity index (χ3v) is 4.57. The quantitative estimate of drug-likeness (QED) is 0.764. The predicted octanol–water partition coefficient (Wildman–Crippen LogP) is 1.09. The zero-order chi connectivity index (χ0) is 14.9. The van der Waals surface area contributed by atoms with Gasteiger partial charge in [0.2, 0.25) is 5.91 Å². The summed E-state index contributed by atoms with van der Waals surface area (Å²) < 4.78 is 5.20. The molecule has 122 valence electrons. The molecule has 2 aliphatic heterocycles. The summed E-state index contributed by atoms with van der Waals surface area (Å²) in [5, 5.41) is 3.52. The van der Waals surface area contributed by atoms with E-state index in [2.05, 4.69) is 15.1 Å². The third kappa shape index (κ3) is 5.93. The average Bonchev–Trinajstić information content (AvgIpc) is 2.84. The van der Waals surface area contributed by atoms with Crippen LogP contribution in [0.3, 0.4) is 0 Å². The maximum atomic E-state index is 12.5. The van der Waals surface area contributed by atoms with Crippen LogP contribution >= 0.6 is 0 Å². The molecule has 0 radical (unpaired) electrons. The number of carbonyl (C=O) groups excluding carboxylic acids is 1. The molecule has 21 heavy (non-hydrogen) atoms. The maximum Gasteiger partial charge on any atom is 0.236 e. The minimum absolute atomic E-state index is 0.297. The van der Waals surface area contributed by atoms with Crippen LogP contribution < -0.4 is 5.32 Å². The lowest BCUT2D eigenvalue weighted by Gasteiger charge is -2.28. The van der Waals surface area contributed by atoms with Gasteiger partial charge in [-0.25, -0.2) is 0 Å². The van der Waals surface area contributed by atoms with E-state index in [9.17, 15) is 4.79 Å². The lowest BCUT2D eigenvalue weighted by atomic mass is 10.2. The van der Waals surface area contributed by atoms with E-state index in [-0.39, 0.29) is 0 Å². The first-order valence-corrected chi connectivity index (χ1v) is 8.52. The molecule has 1 atom stereocenters. The van der Waals surface area contributed by atoms with Gasteiger partial charge in [-0.2, -0.15) is 0 Å². The van der Waals surface area contributed by atoms with Crippen molar-refractivity contribution in [1.29, 1.82) is 0 Å². The van der Waals surface area contributed by atoms with E-state index in [1.807, 2.05) is 0 Å². The van der Waals surface area contributed by atoms with Crippen molar-refractivity contribution in [2.75, 3.05) is 53.0 Å². The summed E-state index contributed by atoms with van der Waals surface area (Å²) in [4.78, 5) is 16.8. The first kappa shape index (κ1) is 16.7. The molecule has 1 unspecified atom stereocenters. The molecule has 0 spiro atoms. The number of amides is 1. The summed E-state index contributed by atoms with van der Waals surface area (Å²) in [6, 6.07) is 0.541. The van der Waals surface area contributed by atoms with Gasteiger partial charge < -0.3 is 15.0 Å². The molecule has 0 saturated carbocycles. The second-order valence-electron chi connectivity index (χ2n) is 6.32. The highest BCUT2D eigenvalue weighted by atomic mass is 16.5. The van der Waals surface area contributed by atoms with Crippen LogP contribution in [0.2, 0.25) is 0 Å². The highest BCUT2D eigenvalue weighted by molar-refractivity contribution is 5.78. The van der Waals surface area contributed by atoms with Crippen LogP contribution in [-0.2, 0) is 9.53 Å². The molecule has 1 amide bonds. The molecule has 5 nitrogen and oxygen atoms in total. The van der Waals surface area contributed by atoms with Gasteiger partial charge in [0, 0.05) is 39.3 Å². The monoisotopic (exact) mass is 297 g/mol. The van der Waals surface area contributed by atoms with Crippen molar-refractivity contribution < 1.29 is 9.53 Å². The lowest BCUT2D eigenvalue weighted by molar-refractivity contribution is -0.132. The number of rotatable bonds is 7. The number of hydrogen-bond donors (Lipinski definition) is 1. The SMILES string of the molecule is COCCN(CC(=O)N1CCCCCC1)CC1CCCN1. The largest absolute Gasteiger partial charge is 0.383 e. The van der Waals surface area contributed by atoms with E-state index in [4.69, 9.17) is 4.74 Å². The van der Waals surface area contributed by atoms with Gasteiger partial charge in [-0.3, -0.25) is 9.69 Å². The van der Waals surface area contributed by atoms with E-state index in [0.29, 0.717) is 25.1 Å². The van der Waals surface area contributed by atoms with Crippen LogP contribution in [0.1, 0.15) is 38.5 Å². The van der Waals surface area contributed by atoms with Gasteiger partial charge >= 0.3 is 0 Å². The summed E-state index contributed by atoms with van der Waals surface area (Å²) in [5.41, 5.74) is 0. The Morgan fingerprint density at radius 2 is 2.00 bits per heavy atom. The Kier molecular flexibility index (Phi) is 7.47. The number of likely N-dealkylation sites (tertiary alicyclic amines) is 1. The van der Waals surface area contributed by atoms with Crippen molar-refractivity contribution in [3.8, 4) is 0 Å².